The van der Waals surface area contributed by atoms with E-state index in [1.165, 1.54) is 0 Å². The van der Waals surface area contributed by atoms with Gasteiger partial charge in [0.15, 0.2) is 0 Å². The minimum absolute atomic E-state index is 0.129. The summed E-state index contributed by atoms with van der Waals surface area (Å²) in [6.45, 7) is 4.95. The third-order valence-electron chi connectivity index (χ3n) is 2.06. The van der Waals surface area contributed by atoms with Gasteiger partial charge >= 0.3 is 5.97 Å². The second kappa shape index (κ2) is 5.48. The fourth-order valence-corrected chi connectivity index (χ4v) is 1.63. The molecule has 0 aromatic rings. The molecule has 0 saturated heterocycles. The molecule has 0 aliphatic carbocycles. The van der Waals surface area contributed by atoms with E-state index in [2.05, 4.69) is 5.32 Å². The van der Waals surface area contributed by atoms with Crippen LogP contribution >= 0.6 is 0 Å². The van der Waals surface area contributed by atoms with Crippen LogP contribution in [0.25, 0.3) is 0 Å². The van der Waals surface area contributed by atoms with Crippen molar-refractivity contribution in [1.82, 2.24) is 5.32 Å². The Labute approximate surface area is 101 Å². The highest BCUT2D eigenvalue weighted by Gasteiger charge is 2.27. The van der Waals surface area contributed by atoms with Crippen LogP contribution in [-0.2, 0) is 19.4 Å². The molecule has 100 valence electrons. The molecule has 0 rings (SSSR count). The normalized spacial score (nSPS) is 14.1. The van der Waals surface area contributed by atoms with Crippen molar-refractivity contribution >= 4 is 21.7 Å². The van der Waals surface area contributed by atoms with Crippen LogP contribution in [0.4, 0.5) is 0 Å². The van der Waals surface area contributed by atoms with E-state index in [0.717, 1.165) is 6.26 Å². The van der Waals surface area contributed by atoms with E-state index >= 15 is 0 Å². The van der Waals surface area contributed by atoms with Crippen molar-refractivity contribution in [2.45, 2.75) is 33.2 Å². The lowest BCUT2D eigenvalue weighted by Crippen LogP contribution is -2.46. The molecule has 1 atom stereocenters. The maximum absolute atomic E-state index is 11.6. The van der Waals surface area contributed by atoms with E-state index in [4.69, 9.17) is 5.11 Å². The van der Waals surface area contributed by atoms with E-state index < -0.39 is 33.2 Å². The van der Waals surface area contributed by atoms with Crippen LogP contribution in [0.5, 0.6) is 0 Å². The molecule has 6 nitrogen and oxygen atoms in total. The Hall–Kier alpha value is -1.11. The molecule has 2 N–H and O–H groups in total. The van der Waals surface area contributed by atoms with Gasteiger partial charge in [-0.05, 0) is 6.42 Å². The summed E-state index contributed by atoms with van der Waals surface area (Å²) < 4.78 is 21.9. The van der Waals surface area contributed by atoms with Gasteiger partial charge in [-0.3, -0.25) is 4.79 Å². The van der Waals surface area contributed by atoms with Crippen LogP contribution in [0.3, 0.4) is 0 Å². The van der Waals surface area contributed by atoms with E-state index in [1.807, 2.05) is 0 Å². The predicted octanol–water partition coefficient (Wildman–Crippen LogP) is 0.0366. The molecule has 0 aliphatic heterocycles. The number of carbonyl (C=O) groups excluding carboxylic acids is 1. The highest BCUT2D eigenvalue weighted by Crippen LogP contribution is 2.13. The summed E-state index contributed by atoms with van der Waals surface area (Å²) in [7, 11) is -3.24. The number of aliphatic carboxylic acids is 1. The van der Waals surface area contributed by atoms with E-state index in [9.17, 15) is 18.0 Å². The first kappa shape index (κ1) is 15.9. The Morgan fingerprint density at radius 3 is 2.06 bits per heavy atom. The number of carbonyl (C=O) groups is 2. The summed E-state index contributed by atoms with van der Waals surface area (Å²) in [5.41, 5.74) is -0.710. The largest absolute Gasteiger partial charge is 0.480 e. The SMILES string of the molecule is CC(C)(C)C(=O)N[C@@H](CCS(C)(=O)=O)C(=O)O. The van der Waals surface area contributed by atoms with Gasteiger partial charge in [-0.2, -0.15) is 0 Å². The second-order valence-electron chi connectivity index (χ2n) is 5.03. The lowest BCUT2D eigenvalue weighted by atomic mass is 9.95. The molecule has 0 aromatic heterocycles. The number of rotatable bonds is 5. The molecule has 1 amide bonds. The van der Waals surface area contributed by atoms with Gasteiger partial charge in [-0.1, -0.05) is 20.8 Å². The van der Waals surface area contributed by atoms with Crippen LogP contribution in [-0.4, -0.2) is 43.5 Å². The minimum Gasteiger partial charge on any atom is -0.480 e. The van der Waals surface area contributed by atoms with Gasteiger partial charge in [0.1, 0.15) is 15.9 Å². The highest BCUT2D eigenvalue weighted by molar-refractivity contribution is 7.90. The van der Waals surface area contributed by atoms with Gasteiger partial charge in [0.05, 0.1) is 5.75 Å². The van der Waals surface area contributed by atoms with Crippen molar-refractivity contribution in [3.63, 3.8) is 0 Å². The topological polar surface area (TPSA) is 101 Å². The molecule has 0 bridgehead atoms. The molecule has 0 radical (unpaired) electrons. The zero-order valence-electron chi connectivity index (χ0n) is 10.5. The monoisotopic (exact) mass is 265 g/mol. The molecular weight excluding hydrogens is 246 g/mol. The fourth-order valence-electron chi connectivity index (χ4n) is 0.964. The fraction of sp³-hybridized carbons (Fsp3) is 0.800. The van der Waals surface area contributed by atoms with E-state index in [0.29, 0.717) is 0 Å². The van der Waals surface area contributed by atoms with Gasteiger partial charge in [0.25, 0.3) is 0 Å². The van der Waals surface area contributed by atoms with Crippen molar-refractivity contribution in [2.75, 3.05) is 12.0 Å². The third kappa shape index (κ3) is 6.93. The van der Waals surface area contributed by atoms with Gasteiger partial charge < -0.3 is 10.4 Å². The molecule has 0 aromatic carbocycles. The molecular formula is C10H19NO5S. The van der Waals surface area contributed by atoms with Gasteiger partial charge in [-0.15, -0.1) is 0 Å². The van der Waals surface area contributed by atoms with Crippen molar-refractivity contribution in [3.8, 4) is 0 Å². The Morgan fingerprint density at radius 1 is 1.29 bits per heavy atom. The molecule has 7 heteroatoms. The summed E-state index contributed by atoms with van der Waals surface area (Å²) in [6, 6.07) is -1.17. The van der Waals surface area contributed by atoms with Gasteiger partial charge in [0, 0.05) is 11.7 Å². The van der Waals surface area contributed by atoms with Gasteiger partial charge in [-0.25, -0.2) is 13.2 Å². The van der Waals surface area contributed by atoms with E-state index in [-0.39, 0.29) is 12.2 Å². The summed E-state index contributed by atoms with van der Waals surface area (Å²) >= 11 is 0. The second-order valence-corrected chi connectivity index (χ2v) is 7.29. The van der Waals surface area contributed by atoms with Crippen LogP contribution in [0.1, 0.15) is 27.2 Å². The average molecular weight is 265 g/mol. The van der Waals surface area contributed by atoms with Crippen LogP contribution < -0.4 is 5.32 Å². The zero-order valence-corrected chi connectivity index (χ0v) is 11.3. The van der Waals surface area contributed by atoms with Crippen molar-refractivity contribution in [2.24, 2.45) is 5.41 Å². The maximum Gasteiger partial charge on any atom is 0.326 e. The number of hydrogen-bond acceptors (Lipinski definition) is 4. The van der Waals surface area contributed by atoms with Crippen molar-refractivity contribution in [1.29, 1.82) is 0 Å². The first-order chi connectivity index (χ1) is 7.43. The molecule has 0 aliphatic rings. The summed E-state index contributed by atoms with van der Waals surface area (Å²) in [4.78, 5) is 22.4. The highest BCUT2D eigenvalue weighted by atomic mass is 32.2. The summed E-state index contributed by atoms with van der Waals surface area (Å²) in [6.07, 6.45) is 0.896. The Balaban J connectivity index is 4.57. The van der Waals surface area contributed by atoms with Crippen LogP contribution in [0, 0.1) is 5.41 Å². The van der Waals surface area contributed by atoms with Crippen molar-refractivity contribution < 1.29 is 23.1 Å². The summed E-state index contributed by atoms with van der Waals surface area (Å²) in [5.74, 6) is -1.92. The number of carboxylic acids is 1. The minimum atomic E-state index is -3.24. The number of sulfone groups is 1. The molecule has 17 heavy (non-hydrogen) atoms. The Kier molecular flexibility index (Phi) is 5.12. The predicted molar refractivity (Wildman–Crippen MR) is 63.3 cm³/mol. The number of nitrogens with one attached hydrogen (secondary N) is 1. The third-order valence-corrected chi connectivity index (χ3v) is 3.04. The average Bonchev–Trinajstić information content (AvgIpc) is 2.07. The molecule has 0 saturated carbocycles. The Morgan fingerprint density at radius 2 is 1.76 bits per heavy atom. The molecule has 0 heterocycles. The zero-order chi connectivity index (χ0) is 13.9. The van der Waals surface area contributed by atoms with Gasteiger partial charge in [0.2, 0.25) is 5.91 Å². The van der Waals surface area contributed by atoms with Crippen molar-refractivity contribution in [3.05, 3.63) is 0 Å². The molecule has 0 fully saturated rings. The number of carboxylic acid groups (broad SMARTS) is 1. The van der Waals surface area contributed by atoms with Crippen LogP contribution in [0.15, 0.2) is 0 Å². The first-order valence-electron chi connectivity index (χ1n) is 5.15. The number of amides is 1. The quantitative estimate of drug-likeness (QED) is 0.730. The standard InChI is InChI=1S/C10H19NO5S/c1-10(2,3)9(14)11-7(8(12)13)5-6-17(4,15)16/h7H,5-6H2,1-4H3,(H,11,14)(H,12,13)/t7-/m0/s1. The number of hydrogen-bond donors (Lipinski definition) is 2. The first-order valence-corrected chi connectivity index (χ1v) is 7.21. The maximum atomic E-state index is 11.6. The van der Waals surface area contributed by atoms with E-state index in [1.54, 1.807) is 20.8 Å². The summed E-state index contributed by atoms with van der Waals surface area (Å²) in [5, 5.41) is 11.2. The smallest absolute Gasteiger partial charge is 0.326 e. The molecule has 0 spiro atoms. The Bertz CT molecular complexity index is 393. The lowest BCUT2D eigenvalue weighted by molar-refractivity contribution is -0.143. The van der Waals surface area contributed by atoms with Crippen LogP contribution in [0.2, 0.25) is 0 Å². The molecule has 0 unspecified atom stereocenters. The lowest BCUT2D eigenvalue weighted by Gasteiger charge is -2.21.